The van der Waals surface area contributed by atoms with E-state index in [2.05, 4.69) is 37.9 Å². The van der Waals surface area contributed by atoms with Crippen molar-refractivity contribution in [1.29, 1.82) is 0 Å². The zero-order valence-corrected chi connectivity index (χ0v) is 16.7. The minimum Gasteiger partial charge on any atom is -0.351 e. The van der Waals surface area contributed by atoms with E-state index >= 15 is 0 Å². The van der Waals surface area contributed by atoms with Gasteiger partial charge in [-0.3, -0.25) is 14.5 Å². The maximum Gasteiger partial charge on any atom is 0.237 e. The van der Waals surface area contributed by atoms with Gasteiger partial charge >= 0.3 is 0 Å². The van der Waals surface area contributed by atoms with Gasteiger partial charge in [0.25, 0.3) is 0 Å². The monoisotopic (exact) mass is 374 g/mol. The second-order valence-corrected chi connectivity index (χ2v) is 8.30. The molecule has 1 amide bonds. The minimum atomic E-state index is -0.332. The van der Waals surface area contributed by atoms with Gasteiger partial charge in [-0.15, -0.1) is 0 Å². The molecule has 1 aromatic carbocycles. The van der Waals surface area contributed by atoms with Gasteiger partial charge in [-0.1, -0.05) is 39.8 Å². The number of aldehydes is 1. The van der Waals surface area contributed by atoms with Gasteiger partial charge in [0.2, 0.25) is 5.91 Å². The van der Waals surface area contributed by atoms with Crippen LogP contribution < -0.4 is 5.32 Å². The van der Waals surface area contributed by atoms with Gasteiger partial charge in [-0.2, -0.15) is 0 Å². The molecule has 1 aromatic rings. The quantitative estimate of drug-likeness (QED) is 0.558. The Hall–Kier alpha value is -2.01. The van der Waals surface area contributed by atoms with Crippen LogP contribution in [0, 0.1) is 17.7 Å². The smallest absolute Gasteiger partial charge is 0.237 e. The van der Waals surface area contributed by atoms with Gasteiger partial charge < -0.3 is 5.32 Å². The van der Waals surface area contributed by atoms with Crippen LogP contribution in [-0.4, -0.2) is 42.3 Å². The Kier molecular flexibility index (Phi) is 7.72. The number of amides is 1. The van der Waals surface area contributed by atoms with Crippen LogP contribution in [0.3, 0.4) is 0 Å². The summed E-state index contributed by atoms with van der Waals surface area (Å²) < 4.78 is 13.4. The number of nitrogens with zero attached hydrogens (tertiary/aromatic N) is 1. The van der Waals surface area contributed by atoms with Crippen molar-refractivity contribution < 1.29 is 14.0 Å². The van der Waals surface area contributed by atoms with E-state index in [4.69, 9.17) is 0 Å². The number of piperazine rings is 1. The first-order chi connectivity index (χ1) is 12.8. The van der Waals surface area contributed by atoms with E-state index in [9.17, 15) is 14.0 Å². The molecule has 27 heavy (non-hydrogen) atoms. The molecule has 1 saturated heterocycles. The molecule has 148 valence electrons. The van der Waals surface area contributed by atoms with Crippen LogP contribution in [-0.2, 0) is 9.59 Å². The predicted molar refractivity (Wildman–Crippen MR) is 107 cm³/mol. The Morgan fingerprint density at radius 3 is 2.56 bits per heavy atom. The molecule has 0 spiro atoms. The second kappa shape index (κ2) is 9.79. The normalized spacial score (nSPS) is 21.6. The Morgan fingerprint density at radius 2 is 1.96 bits per heavy atom. The molecular formula is C22H31FN2O2. The molecule has 2 atom stereocenters. The number of halogens is 1. The molecule has 4 nitrogen and oxygen atoms in total. The number of carbonyl (C=O) groups is 2. The maximum absolute atomic E-state index is 13.4. The summed E-state index contributed by atoms with van der Waals surface area (Å²) in [4.78, 5) is 26.4. The van der Waals surface area contributed by atoms with Crippen molar-refractivity contribution in [2.75, 3.05) is 13.1 Å². The topological polar surface area (TPSA) is 49.4 Å². The second-order valence-electron chi connectivity index (χ2n) is 8.30. The van der Waals surface area contributed by atoms with E-state index < -0.39 is 0 Å². The van der Waals surface area contributed by atoms with Crippen LogP contribution in [0.25, 0.3) is 6.08 Å². The van der Waals surface area contributed by atoms with Crippen molar-refractivity contribution >= 4 is 18.3 Å². The fraction of sp³-hybridized carbons (Fsp3) is 0.545. The van der Waals surface area contributed by atoms with E-state index in [0.717, 1.165) is 25.7 Å². The molecule has 0 aromatic heterocycles. The summed E-state index contributed by atoms with van der Waals surface area (Å²) in [6.45, 7) is 9.56. The van der Waals surface area contributed by atoms with Crippen LogP contribution in [0.2, 0.25) is 0 Å². The van der Waals surface area contributed by atoms with Gasteiger partial charge in [0.05, 0.1) is 6.04 Å². The highest BCUT2D eigenvalue weighted by Gasteiger charge is 2.35. The van der Waals surface area contributed by atoms with Crippen molar-refractivity contribution in [3.05, 3.63) is 41.2 Å². The molecule has 1 aliphatic heterocycles. The Bertz CT molecular complexity index is 685. The maximum atomic E-state index is 13.4. The molecule has 1 fully saturated rings. The van der Waals surface area contributed by atoms with Crippen molar-refractivity contribution in [3.8, 4) is 0 Å². The van der Waals surface area contributed by atoms with Crippen LogP contribution in [0.4, 0.5) is 4.39 Å². The van der Waals surface area contributed by atoms with E-state index in [0.29, 0.717) is 29.5 Å². The molecule has 1 heterocycles. The molecule has 2 unspecified atom stereocenters. The van der Waals surface area contributed by atoms with E-state index in [1.165, 1.54) is 12.1 Å². The first kappa shape index (κ1) is 21.3. The molecule has 5 heteroatoms. The molecule has 1 N–H and O–H groups in total. The number of hydrogen-bond donors (Lipinski definition) is 1. The largest absolute Gasteiger partial charge is 0.351 e. The summed E-state index contributed by atoms with van der Waals surface area (Å²) in [5.74, 6) is 0.557. The molecule has 0 aliphatic carbocycles. The average Bonchev–Trinajstić information content (AvgIpc) is 2.56. The summed E-state index contributed by atoms with van der Waals surface area (Å²) in [5.41, 5.74) is 1.20. The zero-order valence-electron chi connectivity index (χ0n) is 16.7. The number of rotatable bonds is 8. The Balaban J connectivity index is 2.22. The van der Waals surface area contributed by atoms with Crippen LogP contribution in [0.15, 0.2) is 29.8 Å². The van der Waals surface area contributed by atoms with Gasteiger partial charge in [0.15, 0.2) is 0 Å². The van der Waals surface area contributed by atoms with Crippen molar-refractivity contribution in [1.82, 2.24) is 10.2 Å². The lowest BCUT2D eigenvalue weighted by Gasteiger charge is -2.40. The predicted octanol–water partition coefficient (Wildman–Crippen LogP) is 3.67. The summed E-state index contributed by atoms with van der Waals surface area (Å²) >= 11 is 0. The third-order valence-corrected chi connectivity index (χ3v) is 4.73. The van der Waals surface area contributed by atoms with Gasteiger partial charge in [0.1, 0.15) is 12.1 Å². The highest BCUT2D eigenvalue weighted by Crippen LogP contribution is 2.21. The van der Waals surface area contributed by atoms with Crippen LogP contribution in [0.5, 0.6) is 0 Å². The number of benzene rings is 1. The fourth-order valence-corrected chi connectivity index (χ4v) is 3.66. The molecule has 2 rings (SSSR count). The molecule has 0 bridgehead atoms. The van der Waals surface area contributed by atoms with Gasteiger partial charge in [0, 0.05) is 24.7 Å². The SMILES string of the molecule is CC(C)CC1CN(CC(C=O)=Cc2cccc(F)c2)C(CC(C)C)C(=O)N1. The summed E-state index contributed by atoms with van der Waals surface area (Å²) in [7, 11) is 0. The third kappa shape index (κ3) is 6.58. The molecule has 1 aliphatic rings. The van der Waals surface area contributed by atoms with Gasteiger partial charge in [-0.25, -0.2) is 4.39 Å². The lowest BCUT2D eigenvalue weighted by Crippen LogP contribution is -2.60. The van der Waals surface area contributed by atoms with Crippen molar-refractivity contribution in [2.45, 2.75) is 52.6 Å². The number of carbonyl (C=O) groups excluding carboxylic acids is 2. The van der Waals surface area contributed by atoms with Crippen molar-refractivity contribution in [2.24, 2.45) is 11.8 Å². The third-order valence-electron chi connectivity index (χ3n) is 4.73. The molecule has 0 radical (unpaired) electrons. The first-order valence-electron chi connectivity index (χ1n) is 9.74. The van der Waals surface area contributed by atoms with Crippen LogP contribution >= 0.6 is 0 Å². The minimum absolute atomic E-state index is 0.0385. The van der Waals surface area contributed by atoms with Gasteiger partial charge in [-0.05, 0) is 48.4 Å². The standard InChI is InChI=1S/C22H31FN2O2/c1-15(2)8-20-13-25(21(9-16(3)4)22(27)24-20)12-18(14-26)10-17-6-5-7-19(23)11-17/h5-7,10-11,14-16,20-21H,8-9,12-13H2,1-4H3,(H,24,27). The number of nitrogens with one attached hydrogen (secondary N) is 1. The number of hydrogen-bond acceptors (Lipinski definition) is 3. The van der Waals surface area contributed by atoms with E-state index in [-0.39, 0.29) is 23.8 Å². The summed E-state index contributed by atoms with van der Waals surface area (Å²) in [5, 5.41) is 3.14. The zero-order chi connectivity index (χ0) is 20.0. The lowest BCUT2D eigenvalue weighted by molar-refractivity contribution is -0.131. The molecule has 0 saturated carbocycles. The van der Waals surface area contributed by atoms with E-state index in [1.807, 2.05) is 0 Å². The Labute approximate surface area is 161 Å². The average molecular weight is 375 g/mol. The van der Waals surface area contributed by atoms with E-state index in [1.54, 1.807) is 18.2 Å². The summed E-state index contributed by atoms with van der Waals surface area (Å²) in [6.07, 6.45) is 4.15. The molecular weight excluding hydrogens is 343 g/mol. The van der Waals surface area contributed by atoms with Crippen LogP contribution in [0.1, 0.15) is 46.1 Å². The first-order valence-corrected chi connectivity index (χ1v) is 9.74. The highest BCUT2D eigenvalue weighted by atomic mass is 19.1. The Morgan fingerprint density at radius 1 is 1.26 bits per heavy atom. The fourth-order valence-electron chi connectivity index (χ4n) is 3.66. The highest BCUT2D eigenvalue weighted by molar-refractivity contribution is 5.85. The lowest BCUT2D eigenvalue weighted by atomic mass is 9.94. The van der Waals surface area contributed by atoms with Crippen molar-refractivity contribution in [3.63, 3.8) is 0 Å². The summed E-state index contributed by atoms with van der Waals surface area (Å²) in [6, 6.07) is 6.01.